The van der Waals surface area contributed by atoms with Gasteiger partial charge in [0, 0.05) is 13.0 Å². The molecule has 0 fully saturated rings. The number of nitro groups is 1. The lowest BCUT2D eigenvalue weighted by Gasteiger charge is -2.06. The fraction of sp³-hybridized carbons (Fsp3) is 0.214. The van der Waals surface area contributed by atoms with Crippen LogP contribution in [-0.4, -0.2) is 4.92 Å². The number of pyridine rings is 1. The van der Waals surface area contributed by atoms with Crippen molar-refractivity contribution >= 4 is 28.3 Å². The fourth-order valence-electron chi connectivity index (χ4n) is 1.98. The van der Waals surface area contributed by atoms with Crippen molar-refractivity contribution in [1.82, 2.24) is 0 Å². The van der Waals surface area contributed by atoms with Gasteiger partial charge in [-0.05, 0) is 41.6 Å². The molecule has 5 heteroatoms. The summed E-state index contributed by atoms with van der Waals surface area (Å²) in [5, 5.41) is 11.3. The van der Waals surface area contributed by atoms with Gasteiger partial charge in [-0.3, -0.25) is 10.1 Å². The number of halogens is 1. The Hall–Kier alpha value is -1.50. The molecule has 0 unspecified atom stereocenters. The monoisotopic (exact) mass is 369 g/mol. The second kappa shape index (κ2) is 5.24. The number of aromatic nitrogens is 1. The molecular formula is C14H14IN2O2+. The lowest BCUT2D eigenvalue weighted by Crippen LogP contribution is -2.36. The zero-order valence-electron chi connectivity index (χ0n) is 11.0. The SMILES string of the molecule is Cc1ccc(-c2c([N+](=O)[O-])cc(I)c(C)[n+]2C)cc1. The van der Waals surface area contributed by atoms with Crippen LogP contribution in [0.15, 0.2) is 30.3 Å². The van der Waals surface area contributed by atoms with Gasteiger partial charge in [0.2, 0.25) is 0 Å². The standard InChI is InChI=1S/C14H14IN2O2/c1-9-4-6-11(7-5-9)14-13(17(18)19)8-12(15)10(2)16(14)3/h4-8H,1-3H3/q+1. The topological polar surface area (TPSA) is 47.0 Å². The van der Waals surface area contributed by atoms with Crippen LogP contribution in [0.1, 0.15) is 11.3 Å². The van der Waals surface area contributed by atoms with E-state index in [9.17, 15) is 10.1 Å². The molecular weight excluding hydrogens is 355 g/mol. The molecule has 0 radical (unpaired) electrons. The van der Waals surface area contributed by atoms with Gasteiger partial charge in [-0.2, -0.15) is 4.57 Å². The Balaban J connectivity index is 2.77. The summed E-state index contributed by atoms with van der Waals surface area (Å²) in [4.78, 5) is 10.9. The maximum atomic E-state index is 11.3. The van der Waals surface area contributed by atoms with E-state index in [1.807, 2.05) is 49.7 Å². The predicted octanol–water partition coefficient (Wildman–Crippen LogP) is 3.31. The van der Waals surface area contributed by atoms with Crippen LogP contribution < -0.4 is 4.57 Å². The average molecular weight is 369 g/mol. The van der Waals surface area contributed by atoms with Crippen LogP contribution in [0.3, 0.4) is 0 Å². The van der Waals surface area contributed by atoms with Crippen LogP contribution >= 0.6 is 22.6 Å². The fourth-order valence-corrected chi connectivity index (χ4v) is 2.64. The zero-order chi connectivity index (χ0) is 14.2. The van der Waals surface area contributed by atoms with Crippen molar-refractivity contribution in [2.75, 3.05) is 0 Å². The molecule has 2 rings (SSSR count). The van der Waals surface area contributed by atoms with Crippen molar-refractivity contribution in [3.8, 4) is 11.3 Å². The summed E-state index contributed by atoms with van der Waals surface area (Å²) >= 11 is 2.13. The first kappa shape index (κ1) is 13.9. The predicted molar refractivity (Wildman–Crippen MR) is 81.9 cm³/mol. The average Bonchev–Trinajstić information content (AvgIpc) is 2.37. The minimum Gasteiger partial charge on any atom is -0.258 e. The van der Waals surface area contributed by atoms with E-state index in [4.69, 9.17) is 0 Å². The molecule has 2 aromatic rings. The Morgan fingerprint density at radius 3 is 2.32 bits per heavy atom. The van der Waals surface area contributed by atoms with Gasteiger partial charge in [-0.15, -0.1) is 0 Å². The van der Waals surface area contributed by atoms with Crippen LogP contribution in [0.25, 0.3) is 11.3 Å². The largest absolute Gasteiger partial charge is 0.341 e. The highest BCUT2D eigenvalue weighted by Gasteiger charge is 2.28. The highest BCUT2D eigenvalue weighted by Crippen LogP contribution is 2.29. The molecule has 1 heterocycles. The molecule has 98 valence electrons. The van der Waals surface area contributed by atoms with E-state index in [0.29, 0.717) is 5.69 Å². The van der Waals surface area contributed by atoms with Crippen molar-refractivity contribution in [3.63, 3.8) is 0 Å². The van der Waals surface area contributed by atoms with Gasteiger partial charge in [0.25, 0.3) is 5.69 Å². The third kappa shape index (κ3) is 2.60. The Labute approximate surface area is 125 Å². The van der Waals surface area contributed by atoms with E-state index in [-0.39, 0.29) is 10.6 Å². The number of nitrogens with zero attached hydrogens (tertiary/aromatic N) is 2. The Morgan fingerprint density at radius 2 is 1.79 bits per heavy atom. The molecule has 0 aliphatic carbocycles. The molecule has 1 aromatic carbocycles. The van der Waals surface area contributed by atoms with Crippen molar-refractivity contribution in [2.45, 2.75) is 13.8 Å². The second-order valence-corrected chi connectivity index (χ2v) is 5.66. The van der Waals surface area contributed by atoms with Crippen molar-refractivity contribution in [3.05, 3.63) is 55.3 Å². The second-order valence-electron chi connectivity index (χ2n) is 4.49. The molecule has 0 atom stereocenters. The Bertz CT molecular complexity index is 651. The molecule has 0 aliphatic rings. The van der Waals surface area contributed by atoms with E-state index in [1.165, 1.54) is 0 Å². The summed E-state index contributed by atoms with van der Waals surface area (Å²) < 4.78 is 2.77. The normalized spacial score (nSPS) is 10.5. The summed E-state index contributed by atoms with van der Waals surface area (Å²) in [6.45, 7) is 3.96. The maximum Gasteiger partial charge on any atom is 0.341 e. The summed E-state index contributed by atoms with van der Waals surface area (Å²) in [5.41, 5.74) is 3.79. The van der Waals surface area contributed by atoms with E-state index in [1.54, 1.807) is 6.07 Å². The molecule has 0 spiro atoms. The van der Waals surface area contributed by atoms with Crippen molar-refractivity contribution < 1.29 is 9.49 Å². The molecule has 0 saturated carbocycles. The van der Waals surface area contributed by atoms with Crippen molar-refractivity contribution in [2.24, 2.45) is 7.05 Å². The smallest absolute Gasteiger partial charge is 0.258 e. The summed E-state index contributed by atoms with van der Waals surface area (Å²) in [5.74, 6) is 0. The lowest BCUT2D eigenvalue weighted by molar-refractivity contribution is -0.669. The first-order valence-electron chi connectivity index (χ1n) is 5.82. The first-order valence-corrected chi connectivity index (χ1v) is 6.90. The molecule has 0 bridgehead atoms. The molecule has 4 nitrogen and oxygen atoms in total. The van der Waals surface area contributed by atoms with Gasteiger partial charge in [-0.25, -0.2) is 0 Å². The molecule has 0 aliphatic heterocycles. The van der Waals surface area contributed by atoms with E-state index in [0.717, 1.165) is 20.4 Å². The Kier molecular flexibility index (Phi) is 3.84. The summed E-state index contributed by atoms with van der Waals surface area (Å²) in [6, 6.07) is 9.40. The van der Waals surface area contributed by atoms with Gasteiger partial charge < -0.3 is 0 Å². The highest BCUT2D eigenvalue weighted by atomic mass is 127. The quantitative estimate of drug-likeness (QED) is 0.353. The zero-order valence-corrected chi connectivity index (χ0v) is 13.1. The van der Waals surface area contributed by atoms with Crippen molar-refractivity contribution in [1.29, 1.82) is 0 Å². The molecule has 0 N–H and O–H groups in total. The maximum absolute atomic E-state index is 11.3. The highest BCUT2D eigenvalue weighted by molar-refractivity contribution is 14.1. The van der Waals surface area contributed by atoms with Gasteiger partial charge >= 0.3 is 5.69 Å². The van der Waals surface area contributed by atoms with Crippen LogP contribution in [0.4, 0.5) is 5.69 Å². The number of aryl methyl sites for hydroxylation is 1. The number of hydrogen-bond donors (Lipinski definition) is 0. The van der Waals surface area contributed by atoms with Gasteiger partial charge in [0.1, 0.15) is 7.05 Å². The van der Waals surface area contributed by atoms with Crippen LogP contribution in [-0.2, 0) is 7.05 Å². The molecule has 0 amide bonds. The first-order chi connectivity index (χ1) is 8.91. The Morgan fingerprint density at radius 1 is 1.21 bits per heavy atom. The van der Waals surface area contributed by atoms with Crippen LogP contribution in [0.5, 0.6) is 0 Å². The van der Waals surface area contributed by atoms with E-state index < -0.39 is 0 Å². The van der Waals surface area contributed by atoms with Crippen LogP contribution in [0, 0.1) is 27.5 Å². The number of benzene rings is 1. The van der Waals surface area contributed by atoms with E-state index >= 15 is 0 Å². The third-order valence-electron chi connectivity index (χ3n) is 3.21. The van der Waals surface area contributed by atoms with Gasteiger partial charge in [0.15, 0.2) is 5.69 Å². The number of hydrogen-bond acceptors (Lipinski definition) is 2. The lowest BCUT2D eigenvalue weighted by atomic mass is 10.1. The minimum atomic E-state index is -0.323. The number of rotatable bonds is 2. The molecule has 0 saturated heterocycles. The van der Waals surface area contributed by atoms with E-state index in [2.05, 4.69) is 22.6 Å². The van der Waals surface area contributed by atoms with Crippen LogP contribution in [0.2, 0.25) is 0 Å². The summed E-state index contributed by atoms with van der Waals surface area (Å²) in [7, 11) is 1.86. The molecule has 1 aromatic heterocycles. The molecule has 19 heavy (non-hydrogen) atoms. The third-order valence-corrected chi connectivity index (χ3v) is 4.30. The summed E-state index contributed by atoms with van der Waals surface area (Å²) in [6.07, 6.45) is 0. The van der Waals surface area contributed by atoms with Gasteiger partial charge in [-0.1, -0.05) is 17.7 Å². The minimum absolute atomic E-state index is 0.140. The van der Waals surface area contributed by atoms with Gasteiger partial charge in [0.05, 0.1) is 14.1 Å².